The molecule has 10 heteroatoms. The minimum Gasteiger partial charge on any atom is -0.445 e. The smallest absolute Gasteiger partial charge is 0.267 e. The number of rotatable bonds is 7. The maximum atomic E-state index is 13.9. The SMILES string of the molecule is Cc1noc(N(C)S(=O)(=O)c2ccccc2-c2ccc(-c3ncco3)cc2-n2ccnc2C(C)C)c1C. The summed E-state index contributed by atoms with van der Waals surface area (Å²) in [5.74, 6) is 1.63. The van der Waals surface area contributed by atoms with Crippen LogP contribution in [0.4, 0.5) is 5.88 Å². The average molecular weight is 518 g/mol. The fraction of sp³-hybridized carbons (Fsp3) is 0.222. The quantitative estimate of drug-likeness (QED) is 0.271. The molecule has 0 N–H and O–H groups in total. The van der Waals surface area contributed by atoms with E-state index in [1.165, 1.54) is 13.3 Å². The maximum Gasteiger partial charge on any atom is 0.267 e. The molecular weight excluding hydrogens is 490 g/mol. The molecule has 0 atom stereocenters. The van der Waals surface area contributed by atoms with Gasteiger partial charge in [-0.15, -0.1) is 0 Å². The number of oxazole rings is 1. The summed E-state index contributed by atoms with van der Waals surface area (Å²) in [6.45, 7) is 7.68. The Hall–Kier alpha value is -4.18. The fourth-order valence-electron chi connectivity index (χ4n) is 4.27. The van der Waals surface area contributed by atoms with E-state index in [9.17, 15) is 8.42 Å². The molecule has 3 heterocycles. The van der Waals surface area contributed by atoms with Crippen molar-refractivity contribution in [3.63, 3.8) is 0 Å². The average Bonchev–Trinajstić information content (AvgIpc) is 3.66. The van der Waals surface area contributed by atoms with Crippen molar-refractivity contribution in [2.45, 2.75) is 38.5 Å². The third-order valence-electron chi connectivity index (χ3n) is 6.36. The zero-order valence-corrected chi connectivity index (χ0v) is 22.0. The van der Waals surface area contributed by atoms with Crippen molar-refractivity contribution in [1.82, 2.24) is 19.7 Å². The molecule has 5 aromatic rings. The third-order valence-corrected chi connectivity index (χ3v) is 8.16. The zero-order valence-electron chi connectivity index (χ0n) is 21.2. The maximum absolute atomic E-state index is 13.9. The second kappa shape index (κ2) is 9.36. The Kier molecular flexibility index (Phi) is 6.20. The van der Waals surface area contributed by atoms with E-state index < -0.39 is 10.0 Å². The second-order valence-electron chi connectivity index (χ2n) is 9.05. The van der Waals surface area contributed by atoms with Crippen molar-refractivity contribution >= 4 is 15.9 Å². The van der Waals surface area contributed by atoms with Gasteiger partial charge in [-0.3, -0.25) is 0 Å². The van der Waals surface area contributed by atoms with Crippen molar-refractivity contribution in [3.05, 3.63) is 84.4 Å². The van der Waals surface area contributed by atoms with E-state index >= 15 is 0 Å². The molecule has 0 spiro atoms. The lowest BCUT2D eigenvalue weighted by atomic mass is 10.0. The van der Waals surface area contributed by atoms with E-state index in [1.54, 1.807) is 44.4 Å². The van der Waals surface area contributed by atoms with Gasteiger partial charge in [0.25, 0.3) is 10.0 Å². The standard InChI is InChI=1S/C27H27N5O4S/c1-17(2)25-28-12-14-32(25)23-16-20(26-29-13-15-35-26)10-11-21(23)22-8-6-7-9-24(22)37(33,34)31(5)27-18(3)19(4)30-36-27/h6-17H,1-5H3. The van der Waals surface area contributed by atoms with E-state index in [0.29, 0.717) is 28.3 Å². The summed E-state index contributed by atoms with van der Waals surface area (Å²) < 4.78 is 41.8. The molecule has 0 saturated heterocycles. The highest BCUT2D eigenvalue weighted by Crippen LogP contribution is 2.38. The molecule has 0 saturated carbocycles. The van der Waals surface area contributed by atoms with Crippen molar-refractivity contribution in [1.29, 1.82) is 0 Å². The molecule has 0 aliphatic heterocycles. The lowest BCUT2D eigenvalue weighted by Gasteiger charge is -2.21. The van der Waals surface area contributed by atoms with Crippen LogP contribution in [0.5, 0.6) is 0 Å². The molecule has 0 unspecified atom stereocenters. The van der Waals surface area contributed by atoms with Crippen LogP contribution in [0, 0.1) is 13.8 Å². The molecule has 37 heavy (non-hydrogen) atoms. The molecule has 0 fully saturated rings. The fourth-order valence-corrected chi connectivity index (χ4v) is 5.66. The summed E-state index contributed by atoms with van der Waals surface area (Å²) in [5, 5.41) is 3.93. The highest BCUT2D eigenvalue weighted by Gasteiger charge is 2.30. The zero-order chi connectivity index (χ0) is 26.3. The molecule has 3 aromatic heterocycles. The molecule has 5 rings (SSSR count). The number of hydrogen-bond acceptors (Lipinski definition) is 7. The van der Waals surface area contributed by atoms with Crippen molar-refractivity contribution in [2.75, 3.05) is 11.4 Å². The van der Waals surface area contributed by atoms with E-state index in [0.717, 1.165) is 21.4 Å². The predicted octanol–water partition coefficient (Wildman–Crippen LogP) is 5.75. The lowest BCUT2D eigenvalue weighted by molar-refractivity contribution is 0.422. The predicted molar refractivity (Wildman–Crippen MR) is 140 cm³/mol. The highest BCUT2D eigenvalue weighted by atomic mass is 32.2. The number of aromatic nitrogens is 4. The lowest BCUT2D eigenvalue weighted by Crippen LogP contribution is -2.27. The van der Waals surface area contributed by atoms with Gasteiger partial charge in [0, 0.05) is 47.6 Å². The summed E-state index contributed by atoms with van der Waals surface area (Å²) in [4.78, 5) is 8.97. The summed E-state index contributed by atoms with van der Waals surface area (Å²) in [5.41, 5.74) is 4.08. The van der Waals surface area contributed by atoms with Crippen molar-refractivity contribution in [2.24, 2.45) is 0 Å². The minimum absolute atomic E-state index is 0.135. The van der Waals surface area contributed by atoms with E-state index in [-0.39, 0.29) is 16.7 Å². The molecule has 0 aliphatic carbocycles. The second-order valence-corrected chi connectivity index (χ2v) is 11.0. The first-order valence-corrected chi connectivity index (χ1v) is 13.2. The topological polar surface area (TPSA) is 107 Å². The van der Waals surface area contributed by atoms with Crippen LogP contribution < -0.4 is 4.31 Å². The van der Waals surface area contributed by atoms with Gasteiger partial charge in [-0.25, -0.2) is 22.7 Å². The van der Waals surface area contributed by atoms with Gasteiger partial charge < -0.3 is 13.5 Å². The Balaban J connectivity index is 1.73. The molecule has 9 nitrogen and oxygen atoms in total. The number of aryl methyl sites for hydroxylation is 1. The molecule has 0 amide bonds. The number of sulfonamides is 1. The summed E-state index contributed by atoms with van der Waals surface area (Å²) >= 11 is 0. The van der Waals surface area contributed by atoms with Crippen LogP contribution >= 0.6 is 0 Å². The van der Waals surface area contributed by atoms with Gasteiger partial charge in [0.05, 0.1) is 22.5 Å². The van der Waals surface area contributed by atoms with Gasteiger partial charge in [-0.1, -0.05) is 43.3 Å². The monoisotopic (exact) mass is 517 g/mol. The normalized spacial score (nSPS) is 11.8. The van der Waals surface area contributed by atoms with Gasteiger partial charge in [0.15, 0.2) is 0 Å². The van der Waals surface area contributed by atoms with Crippen LogP contribution in [0.2, 0.25) is 0 Å². The Labute approximate surface area is 215 Å². The number of hydrogen-bond donors (Lipinski definition) is 0. The van der Waals surface area contributed by atoms with Gasteiger partial charge in [-0.2, -0.15) is 0 Å². The first-order valence-electron chi connectivity index (χ1n) is 11.8. The highest BCUT2D eigenvalue weighted by molar-refractivity contribution is 7.93. The molecule has 0 radical (unpaired) electrons. The number of nitrogens with zero attached hydrogens (tertiary/aromatic N) is 5. The van der Waals surface area contributed by atoms with Gasteiger partial charge in [-0.05, 0) is 32.0 Å². The number of imidazole rings is 1. The van der Waals surface area contributed by atoms with Gasteiger partial charge in [0.1, 0.15) is 12.1 Å². The van der Waals surface area contributed by atoms with Crippen LogP contribution in [0.1, 0.15) is 36.8 Å². The Bertz CT molecular complexity index is 1670. The van der Waals surface area contributed by atoms with Crippen molar-refractivity contribution < 1.29 is 17.4 Å². The molecule has 0 bridgehead atoms. The Morgan fingerprint density at radius 2 is 1.78 bits per heavy atom. The molecule has 190 valence electrons. The van der Waals surface area contributed by atoms with Crippen molar-refractivity contribution in [3.8, 4) is 28.3 Å². The first-order chi connectivity index (χ1) is 17.7. The summed E-state index contributed by atoms with van der Waals surface area (Å²) in [6, 6.07) is 12.6. The number of anilines is 1. The van der Waals surface area contributed by atoms with Crippen LogP contribution in [0.3, 0.4) is 0 Å². The molecule has 0 aliphatic rings. The van der Waals surface area contributed by atoms with Crippen LogP contribution in [-0.2, 0) is 10.0 Å². The van der Waals surface area contributed by atoms with Crippen LogP contribution in [0.15, 0.2) is 81.2 Å². The third kappa shape index (κ3) is 4.23. The Morgan fingerprint density at radius 3 is 2.46 bits per heavy atom. The van der Waals surface area contributed by atoms with Gasteiger partial charge in [0.2, 0.25) is 11.8 Å². The molecule has 2 aromatic carbocycles. The minimum atomic E-state index is -4.00. The summed E-state index contributed by atoms with van der Waals surface area (Å²) in [7, 11) is -2.53. The van der Waals surface area contributed by atoms with Crippen LogP contribution in [0.25, 0.3) is 28.3 Å². The first kappa shape index (κ1) is 24.5. The van der Waals surface area contributed by atoms with Gasteiger partial charge >= 0.3 is 0 Å². The largest absolute Gasteiger partial charge is 0.445 e. The van der Waals surface area contributed by atoms with Crippen LogP contribution in [-0.4, -0.2) is 35.2 Å². The summed E-state index contributed by atoms with van der Waals surface area (Å²) in [6.07, 6.45) is 6.72. The van der Waals surface area contributed by atoms with E-state index in [4.69, 9.17) is 8.94 Å². The Morgan fingerprint density at radius 1 is 1.00 bits per heavy atom. The number of benzene rings is 2. The van der Waals surface area contributed by atoms with E-state index in [2.05, 4.69) is 29.0 Å². The molecular formula is C27H27N5O4S. The van der Waals surface area contributed by atoms with E-state index in [1.807, 2.05) is 35.0 Å².